The van der Waals surface area contributed by atoms with Crippen molar-refractivity contribution < 1.29 is 5.11 Å². The summed E-state index contributed by atoms with van der Waals surface area (Å²) in [5.41, 5.74) is 0.299. The van der Waals surface area contributed by atoms with E-state index in [1.54, 1.807) is 0 Å². The molecular weight excluding hydrogens is 174 g/mol. The number of hydrogen-bond acceptors (Lipinski definition) is 2. The Hall–Kier alpha value is -0.0800. The minimum absolute atomic E-state index is 0.0393. The maximum Gasteiger partial charge on any atom is 0.0541 e. The Morgan fingerprint density at radius 2 is 1.64 bits per heavy atom. The predicted molar refractivity (Wildman–Crippen MR) is 60.4 cm³/mol. The third-order valence-corrected chi connectivity index (χ3v) is 3.81. The highest BCUT2D eigenvalue weighted by molar-refractivity contribution is 4.86. The Morgan fingerprint density at radius 3 is 2.07 bits per heavy atom. The molecule has 0 spiro atoms. The molecule has 14 heavy (non-hydrogen) atoms. The van der Waals surface area contributed by atoms with Crippen LogP contribution < -0.4 is 5.32 Å². The molecule has 0 aliphatic heterocycles. The molecule has 0 unspecified atom stereocenters. The standard InChI is InChI=1S/C12H25NO/c1-4-12(3,5-2)13-10-6-8-11(14)9-7-10/h10-11,13-14H,4-9H2,1-3H3/t10-,11+. The largest absolute Gasteiger partial charge is 0.393 e. The fraction of sp³-hybridized carbons (Fsp3) is 1.00. The molecule has 0 aromatic rings. The molecule has 2 N–H and O–H groups in total. The van der Waals surface area contributed by atoms with Crippen LogP contribution in [0.25, 0.3) is 0 Å². The molecule has 84 valence electrons. The highest BCUT2D eigenvalue weighted by Gasteiger charge is 2.26. The van der Waals surface area contributed by atoms with Gasteiger partial charge in [-0.3, -0.25) is 0 Å². The van der Waals surface area contributed by atoms with Crippen LogP contribution in [-0.4, -0.2) is 22.8 Å². The SMILES string of the molecule is CCC(C)(CC)N[C@H]1CC[C@@H](O)CC1. The second-order valence-electron chi connectivity index (χ2n) is 4.92. The van der Waals surface area contributed by atoms with Gasteiger partial charge in [0, 0.05) is 11.6 Å². The van der Waals surface area contributed by atoms with Gasteiger partial charge in [-0.1, -0.05) is 13.8 Å². The molecule has 1 fully saturated rings. The van der Waals surface area contributed by atoms with E-state index in [9.17, 15) is 5.11 Å². The Morgan fingerprint density at radius 1 is 1.14 bits per heavy atom. The molecule has 0 bridgehead atoms. The van der Waals surface area contributed by atoms with E-state index >= 15 is 0 Å². The van der Waals surface area contributed by atoms with E-state index in [0.29, 0.717) is 11.6 Å². The van der Waals surface area contributed by atoms with Crippen molar-refractivity contribution in [1.82, 2.24) is 5.32 Å². The lowest BCUT2D eigenvalue weighted by Crippen LogP contribution is -2.48. The van der Waals surface area contributed by atoms with Crippen molar-refractivity contribution in [3.8, 4) is 0 Å². The van der Waals surface area contributed by atoms with Gasteiger partial charge in [0.1, 0.15) is 0 Å². The van der Waals surface area contributed by atoms with Gasteiger partial charge in [0.2, 0.25) is 0 Å². The van der Waals surface area contributed by atoms with E-state index < -0.39 is 0 Å². The van der Waals surface area contributed by atoms with Crippen molar-refractivity contribution in [1.29, 1.82) is 0 Å². The summed E-state index contributed by atoms with van der Waals surface area (Å²) < 4.78 is 0. The Kier molecular flexibility index (Phi) is 4.39. The highest BCUT2D eigenvalue weighted by atomic mass is 16.3. The van der Waals surface area contributed by atoms with Crippen molar-refractivity contribution in [2.45, 2.75) is 77.0 Å². The van der Waals surface area contributed by atoms with Crippen molar-refractivity contribution >= 4 is 0 Å². The molecule has 2 nitrogen and oxygen atoms in total. The van der Waals surface area contributed by atoms with Crippen LogP contribution in [0.5, 0.6) is 0 Å². The molecule has 1 aliphatic carbocycles. The number of rotatable bonds is 4. The van der Waals surface area contributed by atoms with Gasteiger partial charge in [0.25, 0.3) is 0 Å². The van der Waals surface area contributed by atoms with Crippen molar-refractivity contribution in [2.75, 3.05) is 0 Å². The highest BCUT2D eigenvalue weighted by Crippen LogP contribution is 2.23. The van der Waals surface area contributed by atoms with Gasteiger partial charge in [0.05, 0.1) is 6.10 Å². The van der Waals surface area contributed by atoms with Gasteiger partial charge in [-0.05, 0) is 45.4 Å². The number of aliphatic hydroxyl groups excluding tert-OH is 1. The first kappa shape index (κ1) is 12.0. The third kappa shape index (κ3) is 3.25. The van der Waals surface area contributed by atoms with E-state index in [2.05, 4.69) is 26.1 Å². The molecule has 0 aromatic heterocycles. The van der Waals surface area contributed by atoms with Crippen LogP contribution in [0.2, 0.25) is 0 Å². The molecule has 1 rings (SSSR count). The Balaban J connectivity index is 2.36. The van der Waals surface area contributed by atoms with Crippen LogP contribution in [0.4, 0.5) is 0 Å². The van der Waals surface area contributed by atoms with Crippen LogP contribution in [0.1, 0.15) is 59.3 Å². The number of nitrogens with one attached hydrogen (secondary N) is 1. The lowest BCUT2D eigenvalue weighted by atomic mass is 9.88. The molecule has 0 saturated heterocycles. The number of aliphatic hydroxyl groups is 1. The zero-order valence-corrected chi connectivity index (χ0v) is 9.84. The zero-order valence-electron chi connectivity index (χ0n) is 9.84. The predicted octanol–water partition coefficient (Wildman–Crippen LogP) is 2.46. The van der Waals surface area contributed by atoms with Gasteiger partial charge >= 0.3 is 0 Å². The summed E-state index contributed by atoms with van der Waals surface area (Å²) in [6.45, 7) is 6.79. The Bertz CT molecular complexity index is 158. The summed E-state index contributed by atoms with van der Waals surface area (Å²) in [6.07, 6.45) is 6.54. The van der Waals surface area contributed by atoms with Crippen molar-refractivity contribution in [3.63, 3.8) is 0 Å². The molecule has 0 radical (unpaired) electrons. The molecule has 0 atom stereocenters. The van der Waals surface area contributed by atoms with E-state index in [4.69, 9.17) is 0 Å². The maximum atomic E-state index is 9.41. The van der Waals surface area contributed by atoms with Crippen LogP contribution in [-0.2, 0) is 0 Å². The van der Waals surface area contributed by atoms with Crippen molar-refractivity contribution in [3.05, 3.63) is 0 Å². The fourth-order valence-corrected chi connectivity index (χ4v) is 2.17. The van der Waals surface area contributed by atoms with Crippen molar-refractivity contribution in [2.24, 2.45) is 0 Å². The average molecular weight is 199 g/mol. The molecule has 1 aliphatic rings. The minimum atomic E-state index is -0.0393. The van der Waals surface area contributed by atoms with Gasteiger partial charge in [-0.15, -0.1) is 0 Å². The van der Waals surface area contributed by atoms with E-state index in [1.807, 2.05) is 0 Å². The van der Waals surface area contributed by atoms with Gasteiger partial charge in [0.15, 0.2) is 0 Å². The van der Waals surface area contributed by atoms with Gasteiger partial charge in [-0.2, -0.15) is 0 Å². The first-order chi connectivity index (χ1) is 6.59. The monoisotopic (exact) mass is 199 g/mol. The molecule has 1 saturated carbocycles. The second kappa shape index (κ2) is 5.13. The third-order valence-electron chi connectivity index (χ3n) is 3.81. The van der Waals surface area contributed by atoms with Crippen LogP contribution >= 0.6 is 0 Å². The summed E-state index contributed by atoms with van der Waals surface area (Å²) in [4.78, 5) is 0. The van der Waals surface area contributed by atoms with E-state index in [-0.39, 0.29) is 6.10 Å². The van der Waals surface area contributed by atoms with E-state index in [0.717, 1.165) is 25.7 Å². The van der Waals surface area contributed by atoms with Crippen LogP contribution in [0.15, 0.2) is 0 Å². The first-order valence-electron chi connectivity index (χ1n) is 6.05. The molecule has 0 aromatic carbocycles. The lowest BCUT2D eigenvalue weighted by molar-refractivity contribution is 0.107. The lowest BCUT2D eigenvalue weighted by Gasteiger charge is -2.36. The van der Waals surface area contributed by atoms with Gasteiger partial charge < -0.3 is 10.4 Å². The molecular formula is C12H25NO. The van der Waals surface area contributed by atoms with Gasteiger partial charge in [-0.25, -0.2) is 0 Å². The maximum absolute atomic E-state index is 9.41. The fourth-order valence-electron chi connectivity index (χ4n) is 2.17. The average Bonchev–Trinajstić information content (AvgIpc) is 2.21. The second-order valence-corrected chi connectivity index (χ2v) is 4.92. The Labute approximate surface area is 88.1 Å². The molecule has 0 amide bonds. The summed E-state index contributed by atoms with van der Waals surface area (Å²) in [5.74, 6) is 0. The molecule has 0 heterocycles. The first-order valence-corrected chi connectivity index (χ1v) is 6.05. The topological polar surface area (TPSA) is 32.3 Å². The smallest absolute Gasteiger partial charge is 0.0541 e. The van der Waals surface area contributed by atoms with E-state index in [1.165, 1.54) is 12.8 Å². The summed E-state index contributed by atoms with van der Waals surface area (Å²) in [6, 6.07) is 0.628. The summed E-state index contributed by atoms with van der Waals surface area (Å²) >= 11 is 0. The number of hydrogen-bond donors (Lipinski definition) is 2. The molecule has 2 heteroatoms. The van der Waals surface area contributed by atoms with Crippen LogP contribution in [0, 0.1) is 0 Å². The summed E-state index contributed by atoms with van der Waals surface area (Å²) in [5, 5.41) is 13.2. The quantitative estimate of drug-likeness (QED) is 0.729. The minimum Gasteiger partial charge on any atom is -0.393 e. The van der Waals surface area contributed by atoms with Crippen LogP contribution in [0.3, 0.4) is 0 Å². The normalized spacial score (nSPS) is 29.1. The zero-order chi connectivity index (χ0) is 10.6. The summed E-state index contributed by atoms with van der Waals surface area (Å²) in [7, 11) is 0.